The Morgan fingerprint density at radius 1 is 1.15 bits per heavy atom. The van der Waals surface area contributed by atoms with E-state index in [-0.39, 0.29) is 32.6 Å². The molecule has 136 valence electrons. The molecule has 4 N–H and O–H groups in total. The van der Waals surface area contributed by atoms with Gasteiger partial charge >= 0.3 is 0 Å². The van der Waals surface area contributed by atoms with E-state index < -0.39 is 9.84 Å². The molecule has 0 radical (unpaired) electrons. The first kappa shape index (κ1) is 18.3. The topological polar surface area (TPSA) is 123 Å². The second-order valence-electron chi connectivity index (χ2n) is 5.28. The lowest BCUT2D eigenvalue weighted by atomic mass is 10.3. The largest absolute Gasteiger partial charge is 0.454 e. The lowest BCUT2D eigenvalue weighted by Crippen LogP contribution is -1.97. The fourth-order valence-electron chi connectivity index (χ4n) is 2.06. The second kappa shape index (κ2) is 7.02. The maximum Gasteiger partial charge on any atom is 0.248 e. The van der Waals surface area contributed by atoms with E-state index >= 15 is 0 Å². The molecule has 3 rings (SSSR count). The molecule has 0 aliphatic heterocycles. The molecule has 3 aromatic rings. The molecule has 0 spiro atoms. The molecule has 0 atom stereocenters. The van der Waals surface area contributed by atoms with Gasteiger partial charge in [0.1, 0.15) is 5.75 Å². The maximum atomic E-state index is 11.5. The summed E-state index contributed by atoms with van der Waals surface area (Å²) in [7, 11) is -3.28. The van der Waals surface area contributed by atoms with Crippen LogP contribution in [0.2, 0.25) is 10.0 Å². The first-order valence-corrected chi connectivity index (χ1v) is 9.79. The third-order valence-electron chi connectivity index (χ3n) is 3.23. The minimum Gasteiger partial charge on any atom is -0.454 e. The number of hydrogen-bond donors (Lipinski definition) is 3. The highest BCUT2D eigenvalue weighted by atomic mass is 35.5. The Hall–Kier alpha value is -2.49. The molecule has 1 heterocycles. The monoisotopic (exact) mass is 413 g/mol. The van der Waals surface area contributed by atoms with Crippen LogP contribution < -0.4 is 15.8 Å². The standard InChI is InChI=1S/C15H13Cl2N5O3S/c1-26(23,24)10-4-2-9(3-5-10)25-13-11(16)6-8(7-12(13)17)19-15-20-14(18)21-22-15/h2-7H,1H3,(H4,18,19,20,21,22). The molecule has 0 aliphatic carbocycles. The van der Waals surface area contributed by atoms with Crippen molar-refractivity contribution in [2.45, 2.75) is 4.90 Å². The number of nitrogens with two attached hydrogens (primary N) is 1. The molecule has 0 unspecified atom stereocenters. The van der Waals surface area contributed by atoms with Crippen LogP contribution in [-0.4, -0.2) is 29.9 Å². The number of H-pyrrole nitrogens is 1. The van der Waals surface area contributed by atoms with E-state index in [2.05, 4.69) is 20.5 Å². The Kier molecular flexibility index (Phi) is 4.94. The van der Waals surface area contributed by atoms with Crippen molar-refractivity contribution in [3.8, 4) is 11.5 Å². The number of aromatic nitrogens is 3. The Morgan fingerprint density at radius 2 is 1.77 bits per heavy atom. The van der Waals surface area contributed by atoms with Gasteiger partial charge in [0.25, 0.3) is 0 Å². The van der Waals surface area contributed by atoms with Crippen molar-refractivity contribution in [1.82, 2.24) is 15.2 Å². The van der Waals surface area contributed by atoms with E-state index in [0.717, 1.165) is 6.26 Å². The van der Waals surface area contributed by atoms with E-state index in [1.54, 1.807) is 12.1 Å². The predicted octanol–water partition coefficient (Wildman–Crippen LogP) is 3.63. The van der Waals surface area contributed by atoms with Crippen molar-refractivity contribution in [3.05, 3.63) is 46.4 Å². The minimum atomic E-state index is -3.28. The van der Waals surface area contributed by atoms with Crippen LogP contribution in [0, 0.1) is 0 Å². The molecule has 11 heteroatoms. The van der Waals surface area contributed by atoms with Gasteiger partial charge in [0.2, 0.25) is 11.9 Å². The summed E-state index contributed by atoms with van der Waals surface area (Å²) in [5.74, 6) is 1.06. The molecule has 2 aromatic carbocycles. The number of aromatic amines is 1. The number of nitrogens with one attached hydrogen (secondary N) is 2. The molecule has 26 heavy (non-hydrogen) atoms. The van der Waals surface area contributed by atoms with Gasteiger partial charge in [0, 0.05) is 11.9 Å². The molecule has 0 saturated heterocycles. The van der Waals surface area contributed by atoms with Crippen LogP contribution in [0.5, 0.6) is 11.5 Å². The molecule has 8 nitrogen and oxygen atoms in total. The van der Waals surface area contributed by atoms with E-state index in [1.807, 2.05) is 0 Å². The lowest BCUT2D eigenvalue weighted by molar-refractivity contribution is 0.482. The van der Waals surface area contributed by atoms with Crippen molar-refractivity contribution in [3.63, 3.8) is 0 Å². The molecule has 0 bridgehead atoms. The van der Waals surface area contributed by atoms with Crippen LogP contribution in [0.25, 0.3) is 0 Å². The van der Waals surface area contributed by atoms with Crippen LogP contribution in [0.4, 0.5) is 17.6 Å². The number of benzene rings is 2. The van der Waals surface area contributed by atoms with Crippen LogP contribution >= 0.6 is 23.2 Å². The van der Waals surface area contributed by atoms with Gasteiger partial charge < -0.3 is 15.8 Å². The minimum absolute atomic E-state index is 0.169. The van der Waals surface area contributed by atoms with Crippen LogP contribution in [0.3, 0.4) is 0 Å². The van der Waals surface area contributed by atoms with E-state index in [4.69, 9.17) is 33.7 Å². The van der Waals surface area contributed by atoms with Gasteiger partial charge in [0.05, 0.1) is 14.9 Å². The molecule has 0 fully saturated rings. The van der Waals surface area contributed by atoms with Gasteiger partial charge in [0.15, 0.2) is 15.6 Å². The number of nitrogens with zero attached hydrogens (tertiary/aromatic N) is 2. The quantitative estimate of drug-likeness (QED) is 0.583. The number of rotatable bonds is 5. The summed E-state index contributed by atoms with van der Waals surface area (Å²) in [6.45, 7) is 0. The first-order valence-electron chi connectivity index (χ1n) is 7.14. The maximum absolute atomic E-state index is 11.5. The molecule has 0 aliphatic rings. The zero-order valence-corrected chi connectivity index (χ0v) is 15.7. The fourth-order valence-corrected chi connectivity index (χ4v) is 3.26. The van der Waals surface area contributed by atoms with Gasteiger partial charge in [-0.2, -0.15) is 4.98 Å². The highest BCUT2D eigenvalue weighted by molar-refractivity contribution is 7.90. The lowest BCUT2D eigenvalue weighted by Gasteiger charge is -2.12. The Balaban J connectivity index is 1.82. The van der Waals surface area contributed by atoms with Gasteiger partial charge in [-0.25, -0.2) is 13.5 Å². The zero-order valence-electron chi connectivity index (χ0n) is 13.3. The van der Waals surface area contributed by atoms with Crippen LogP contribution in [-0.2, 0) is 9.84 Å². The van der Waals surface area contributed by atoms with E-state index in [0.29, 0.717) is 11.4 Å². The van der Waals surface area contributed by atoms with Crippen molar-refractivity contribution < 1.29 is 13.2 Å². The normalized spacial score (nSPS) is 11.3. The Bertz CT molecular complexity index is 1030. The summed E-state index contributed by atoms with van der Waals surface area (Å²) >= 11 is 12.5. The summed E-state index contributed by atoms with van der Waals surface area (Å²) in [5, 5.41) is 9.74. The van der Waals surface area contributed by atoms with Crippen molar-refractivity contribution in [1.29, 1.82) is 0 Å². The SMILES string of the molecule is CS(=O)(=O)c1ccc(Oc2c(Cl)cc(Nc3n[nH]c(N)n3)cc2Cl)cc1. The van der Waals surface area contributed by atoms with Crippen molar-refractivity contribution in [2.24, 2.45) is 0 Å². The van der Waals surface area contributed by atoms with Crippen molar-refractivity contribution in [2.75, 3.05) is 17.3 Å². The summed E-state index contributed by atoms with van der Waals surface area (Å²) < 4.78 is 28.7. The molecule has 0 saturated carbocycles. The third-order valence-corrected chi connectivity index (χ3v) is 4.92. The number of ether oxygens (including phenoxy) is 1. The number of halogens is 2. The Morgan fingerprint density at radius 3 is 2.27 bits per heavy atom. The molecule has 0 amide bonds. The molecular weight excluding hydrogens is 401 g/mol. The fraction of sp³-hybridized carbons (Fsp3) is 0.0667. The van der Waals surface area contributed by atoms with Gasteiger partial charge in [-0.05, 0) is 36.4 Å². The molecular formula is C15H13Cl2N5O3S. The number of hydrogen-bond acceptors (Lipinski definition) is 7. The summed E-state index contributed by atoms with van der Waals surface area (Å²) in [6, 6.07) is 9.09. The summed E-state index contributed by atoms with van der Waals surface area (Å²) in [5.41, 5.74) is 6.00. The third kappa shape index (κ3) is 4.18. The predicted molar refractivity (Wildman–Crippen MR) is 100 cm³/mol. The highest BCUT2D eigenvalue weighted by Crippen LogP contribution is 2.39. The number of nitrogen functional groups attached to an aromatic ring is 1. The molecule has 1 aromatic heterocycles. The summed E-state index contributed by atoms with van der Waals surface area (Å²) in [6.07, 6.45) is 1.13. The average Bonchev–Trinajstić information content (AvgIpc) is 2.95. The van der Waals surface area contributed by atoms with Crippen molar-refractivity contribution >= 4 is 50.6 Å². The Labute approximate surface area is 159 Å². The van der Waals surface area contributed by atoms with Crippen LogP contribution in [0.1, 0.15) is 0 Å². The van der Waals surface area contributed by atoms with E-state index in [1.165, 1.54) is 24.3 Å². The summed E-state index contributed by atoms with van der Waals surface area (Å²) in [4.78, 5) is 4.10. The highest BCUT2D eigenvalue weighted by Gasteiger charge is 2.13. The van der Waals surface area contributed by atoms with Gasteiger partial charge in [-0.1, -0.05) is 23.2 Å². The smallest absolute Gasteiger partial charge is 0.248 e. The van der Waals surface area contributed by atoms with Crippen LogP contribution in [0.15, 0.2) is 41.3 Å². The zero-order chi connectivity index (χ0) is 18.9. The average molecular weight is 414 g/mol. The number of anilines is 3. The number of sulfone groups is 1. The van der Waals surface area contributed by atoms with Gasteiger partial charge in [-0.15, -0.1) is 5.10 Å². The van der Waals surface area contributed by atoms with Gasteiger partial charge in [-0.3, -0.25) is 0 Å². The first-order chi connectivity index (χ1) is 12.2. The second-order valence-corrected chi connectivity index (χ2v) is 8.11. The van der Waals surface area contributed by atoms with E-state index in [9.17, 15) is 8.42 Å².